The van der Waals surface area contributed by atoms with Crippen molar-refractivity contribution in [2.75, 3.05) is 0 Å². The van der Waals surface area contributed by atoms with Gasteiger partial charge >= 0.3 is 5.97 Å². The zero-order chi connectivity index (χ0) is 21.2. The lowest BCUT2D eigenvalue weighted by Gasteiger charge is -2.25. The van der Waals surface area contributed by atoms with Crippen LogP contribution in [-0.2, 0) is 4.79 Å². The molecule has 5 nitrogen and oxygen atoms in total. The minimum Gasteiger partial charge on any atom is -0.481 e. The van der Waals surface area contributed by atoms with Crippen molar-refractivity contribution in [2.45, 2.75) is 95.4 Å². The Hall–Kier alpha value is -1.24. The second kappa shape index (κ2) is 12.3. The molecule has 0 aromatic heterocycles. The van der Waals surface area contributed by atoms with E-state index in [1.807, 2.05) is 6.92 Å². The molecule has 0 bridgehead atoms. The molecule has 4 N–H and O–H groups in total. The summed E-state index contributed by atoms with van der Waals surface area (Å²) in [4.78, 5) is 10.5. The summed E-state index contributed by atoms with van der Waals surface area (Å²) in [6, 6.07) is 0. The molecule has 5 atom stereocenters. The Morgan fingerprint density at radius 1 is 1.18 bits per heavy atom. The molecule has 0 aromatic carbocycles. The summed E-state index contributed by atoms with van der Waals surface area (Å²) < 4.78 is 13.7. The van der Waals surface area contributed by atoms with Crippen molar-refractivity contribution in [2.24, 2.45) is 11.8 Å². The molecule has 1 rings (SSSR count). The highest BCUT2D eigenvalue weighted by Crippen LogP contribution is 2.38. The van der Waals surface area contributed by atoms with Crippen LogP contribution in [0.5, 0.6) is 0 Å². The molecule has 1 fully saturated rings. The standard InChI is InChI=1S/C22H37FO5/c1-3-4-13-22(28,16(2)23)14-9-11-18-17(19(24)15-20(18)25)10-7-5-6-8-12-21(26)27/h9,11,17-20,24-25,28H,2-8,10,12-15H2,1H3,(H,26,27)/t17-,18-,19+,20-,22?/m1/s1. The maximum absolute atomic E-state index is 13.7. The smallest absolute Gasteiger partial charge is 0.303 e. The third kappa shape index (κ3) is 8.02. The molecule has 0 aromatic rings. The van der Waals surface area contributed by atoms with Crippen LogP contribution in [0.2, 0.25) is 0 Å². The van der Waals surface area contributed by atoms with Crippen molar-refractivity contribution in [1.29, 1.82) is 0 Å². The molecule has 0 spiro atoms. The summed E-state index contributed by atoms with van der Waals surface area (Å²) in [5, 5.41) is 39.7. The van der Waals surface area contributed by atoms with E-state index in [2.05, 4.69) is 6.58 Å². The van der Waals surface area contributed by atoms with E-state index in [9.17, 15) is 24.5 Å². The molecule has 1 aliphatic carbocycles. The van der Waals surface area contributed by atoms with Crippen LogP contribution in [0.1, 0.15) is 77.6 Å². The first-order valence-corrected chi connectivity index (χ1v) is 10.5. The van der Waals surface area contributed by atoms with Crippen molar-refractivity contribution < 1.29 is 29.6 Å². The lowest BCUT2D eigenvalue weighted by atomic mass is 9.86. The van der Waals surface area contributed by atoms with Crippen LogP contribution in [0.15, 0.2) is 24.6 Å². The summed E-state index contributed by atoms with van der Waals surface area (Å²) in [6.45, 7) is 5.24. The number of hydrogen-bond donors (Lipinski definition) is 4. The van der Waals surface area contributed by atoms with Crippen LogP contribution in [0.25, 0.3) is 0 Å². The molecular formula is C22H37FO5. The summed E-state index contributed by atoms with van der Waals surface area (Å²) >= 11 is 0. The van der Waals surface area contributed by atoms with Gasteiger partial charge in [-0.15, -0.1) is 0 Å². The number of carboxylic acids is 1. The van der Waals surface area contributed by atoms with Gasteiger partial charge in [-0.2, -0.15) is 0 Å². The SMILES string of the molecule is C=C(F)C(O)(CC=C[C@@H]1[C@@H](CCCCCCC(=O)O)[C@@H](O)C[C@H]1O)CCCC. The van der Waals surface area contributed by atoms with Gasteiger partial charge in [-0.1, -0.05) is 57.8 Å². The molecule has 1 aliphatic rings. The topological polar surface area (TPSA) is 98.0 Å². The van der Waals surface area contributed by atoms with Crippen LogP contribution in [0.4, 0.5) is 4.39 Å². The molecule has 0 heterocycles. The van der Waals surface area contributed by atoms with E-state index in [1.165, 1.54) is 0 Å². The van der Waals surface area contributed by atoms with Gasteiger partial charge in [-0.3, -0.25) is 4.79 Å². The molecule has 0 saturated heterocycles. The first-order valence-electron chi connectivity index (χ1n) is 10.5. The Kier molecular flexibility index (Phi) is 10.9. The van der Waals surface area contributed by atoms with E-state index >= 15 is 0 Å². The monoisotopic (exact) mass is 400 g/mol. The van der Waals surface area contributed by atoms with Crippen LogP contribution in [0, 0.1) is 11.8 Å². The maximum Gasteiger partial charge on any atom is 0.303 e. The molecule has 1 unspecified atom stereocenters. The number of carboxylic acid groups (broad SMARTS) is 1. The summed E-state index contributed by atoms with van der Waals surface area (Å²) in [6.07, 6.45) is 8.69. The average Bonchev–Trinajstić information content (AvgIpc) is 2.89. The van der Waals surface area contributed by atoms with Gasteiger partial charge in [-0.25, -0.2) is 4.39 Å². The van der Waals surface area contributed by atoms with Crippen molar-refractivity contribution in [1.82, 2.24) is 0 Å². The first-order chi connectivity index (χ1) is 13.2. The molecule has 6 heteroatoms. The number of unbranched alkanes of at least 4 members (excludes halogenated alkanes) is 4. The summed E-state index contributed by atoms with van der Waals surface area (Å²) in [7, 11) is 0. The Morgan fingerprint density at radius 3 is 2.46 bits per heavy atom. The zero-order valence-corrected chi connectivity index (χ0v) is 17.0. The molecule has 1 saturated carbocycles. The van der Waals surface area contributed by atoms with Gasteiger partial charge in [-0.05, 0) is 25.2 Å². The van der Waals surface area contributed by atoms with E-state index in [0.717, 1.165) is 32.1 Å². The summed E-state index contributed by atoms with van der Waals surface area (Å²) in [5.74, 6) is -1.83. The van der Waals surface area contributed by atoms with Crippen molar-refractivity contribution in [3.8, 4) is 0 Å². The Labute approximate surface area is 168 Å². The van der Waals surface area contributed by atoms with E-state index < -0.39 is 29.6 Å². The normalized spacial score (nSPS) is 27.2. The molecule has 0 aliphatic heterocycles. The number of aliphatic carboxylic acids is 1. The van der Waals surface area contributed by atoms with E-state index in [1.54, 1.807) is 12.2 Å². The third-order valence-corrected chi connectivity index (χ3v) is 5.86. The zero-order valence-electron chi connectivity index (χ0n) is 17.0. The third-order valence-electron chi connectivity index (χ3n) is 5.86. The fourth-order valence-electron chi connectivity index (χ4n) is 4.02. The van der Waals surface area contributed by atoms with E-state index in [-0.39, 0.29) is 24.7 Å². The van der Waals surface area contributed by atoms with Gasteiger partial charge in [0.2, 0.25) is 0 Å². The van der Waals surface area contributed by atoms with Crippen LogP contribution in [0.3, 0.4) is 0 Å². The second-order valence-corrected chi connectivity index (χ2v) is 8.13. The van der Waals surface area contributed by atoms with Crippen LogP contribution in [-0.4, -0.2) is 44.2 Å². The Bertz CT molecular complexity index is 521. The number of carbonyl (C=O) groups is 1. The predicted molar refractivity (Wildman–Crippen MR) is 107 cm³/mol. The maximum atomic E-state index is 13.7. The lowest BCUT2D eigenvalue weighted by molar-refractivity contribution is -0.137. The quantitative estimate of drug-likeness (QED) is 0.260. The molecule has 28 heavy (non-hydrogen) atoms. The minimum absolute atomic E-state index is 0.0805. The van der Waals surface area contributed by atoms with Gasteiger partial charge in [0.1, 0.15) is 11.4 Å². The van der Waals surface area contributed by atoms with Gasteiger partial charge in [0.25, 0.3) is 0 Å². The first kappa shape index (κ1) is 24.8. The lowest BCUT2D eigenvalue weighted by Crippen LogP contribution is -2.28. The fraction of sp³-hybridized carbons (Fsp3) is 0.773. The fourth-order valence-corrected chi connectivity index (χ4v) is 4.02. The van der Waals surface area contributed by atoms with Gasteiger partial charge < -0.3 is 20.4 Å². The highest BCUT2D eigenvalue weighted by Gasteiger charge is 2.39. The highest BCUT2D eigenvalue weighted by molar-refractivity contribution is 5.66. The Morgan fingerprint density at radius 2 is 1.86 bits per heavy atom. The van der Waals surface area contributed by atoms with Crippen LogP contribution >= 0.6 is 0 Å². The number of hydrogen-bond acceptors (Lipinski definition) is 4. The van der Waals surface area contributed by atoms with Crippen molar-refractivity contribution in [3.63, 3.8) is 0 Å². The highest BCUT2D eigenvalue weighted by atomic mass is 19.1. The predicted octanol–water partition coefficient (Wildman–Crippen LogP) is 4.12. The Balaban J connectivity index is 2.56. The molecule has 162 valence electrons. The molecule has 0 radical (unpaired) electrons. The van der Waals surface area contributed by atoms with Crippen molar-refractivity contribution >= 4 is 5.97 Å². The number of halogens is 1. The average molecular weight is 401 g/mol. The van der Waals surface area contributed by atoms with Crippen molar-refractivity contribution in [3.05, 3.63) is 24.6 Å². The number of aliphatic hydroxyl groups excluding tert-OH is 2. The van der Waals surface area contributed by atoms with Gasteiger partial charge in [0, 0.05) is 25.2 Å². The van der Waals surface area contributed by atoms with Gasteiger partial charge in [0.15, 0.2) is 0 Å². The molecular weight excluding hydrogens is 363 g/mol. The van der Waals surface area contributed by atoms with Crippen LogP contribution < -0.4 is 0 Å². The van der Waals surface area contributed by atoms with Gasteiger partial charge in [0.05, 0.1) is 12.2 Å². The largest absolute Gasteiger partial charge is 0.481 e. The summed E-state index contributed by atoms with van der Waals surface area (Å²) in [5.41, 5.74) is -1.58. The minimum atomic E-state index is -1.58. The number of aliphatic hydroxyl groups is 3. The van der Waals surface area contributed by atoms with E-state index in [0.29, 0.717) is 25.7 Å². The number of rotatable bonds is 14. The van der Waals surface area contributed by atoms with E-state index in [4.69, 9.17) is 5.11 Å². The molecule has 0 amide bonds. The second-order valence-electron chi connectivity index (χ2n) is 8.13.